The van der Waals surface area contributed by atoms with Gasteiger partial charge >= 0.3 is 0 Å². The Morgan fingerprint density at radius 3 is 2.56 bits per heavy atom. The number of nitrogens with zero attached hydrogens (tertiary/aromatic N) is 1. The van der Waals surface area contributed by atoms with E-state index in [0.717, 1.165) is 17.7 Å². The van der Waals surface area contributed by atoms with Gasteiger partial charge in [0.25, 0.3) is 5.69 Å². The smallest absolute Gasteiger partial charge is 0.271 e. The Balaban J connectivity index is 2.09. The SMILES string of the molecule is CC[C@H](NC(=S)Nc1cc([N+](=O)[O-])ccc1Cl)c1ccc(OC)cc1. The van der Waals surface area contributed by atoms with Gasteiger partial charge in [-0.15, -0.1) is 0 Å². The molecule has 1 atom stereocenters. The fraction of sp³-hybridized carbons (Fsp3) is 0.235. The van der Waals surface area contributed by atoms with Crippen molar-refractivity contribution in [2.75, 3.05) is 12.4 Å². The lowest BCUT2D eigenvalue weighted by atomic mass is 10.0. The molecule has 0 bridgehead atoms. The summed E-state index contributed by atoms with van der Waals surface area (Å²) in [7, 11) is 1.62. The van der Waals surface area contributed by atoms with Crippen molar-refractivity contribution >= 4 is 40.3 Å². The minimum Gasteiger partial charge on any atom is -0.497 e. The molecule has 132 valence electrons. The van der Waals surface area contributed by atoms with Crippen LogP contribution >= 0.6 is 23.8 Å². The Morgan fingerprint density at radius 1 is 1.32 bits per heavy atom. The lowest BCUT2D eigenvalue weighted by molar-refractivity contribution is -0.384. The van der Waals surface area contributed by atoms with Crippen molar-refractivity contribution in [1.29, 1.82) is 0 Å². The van der Waals surface area contributed by atoms with Crippen molar-refractivity contribution < 1.29 is 9.66 Å². The van der Waals surface area contributed by atoms with Gasteiger partial charge < -0.3 is 15.4 Å². The molecule has 25 heavy (non-hydrogen) atoms. The Hall–Kier alpha value is -2.38. The fourth-order valence-corrected chi connectivity index (χ4v) is 2.71. The van der Waals surface area contributed by atoms with Crippen molar-refractivity contribution in [2.24, 2.45) is 0 Å². The van der Waals surface area contributed by atoms with Crippen LogP contribution in [0.3, 0.4) is 0 Å². The average Bonchev–Trinajstić information content (AvgIpc) is 2.61. The highest BCUT2D eigenvalue weighted by atomic mass is 35.5. The zero-order valence-electron chi connectivity index (χ0n) is 13.8. The average molecular weight is 380 g/mol. The summed E-state index contributed by atoms with van der Waals surface area (Å²) in [5.74, 6) is 0.780. The van der Waals surface area contributed by atoms with Crippen molar-refractivity contribution in [3.8, 4) is 5.75 Å². The van der Waals surface area contributed by atoms with Gasteiger partial charge in [-0.1, -0.05) is 30.7 Å². The van der Waals surface area contributed by atoms with E-state index in [0.29, 0.717) is 15.8 Å². The third-order valence-electron chi connectivity index (χ3n) is 3.64. The number of halogens is 1. The first-order valence-corrected chi connectivity index (χ1v) is 8.38. The van der Waals surface area contributed by atoms with Gasteiger partial charge in [0.05, 0.1) is 28.8 Å². The molecule has 6 nitrogen and oxygen atoms in total. The summed E-state index contributed by atoms with van der Waals surface area (Å²) in [5.41, 5.74) is 1.38. The number of non-ortho nitro benzene ring substituents is 1. The standard InChI is InChI=1S/C17H18ClN3O3S/c1-3-15(11-4-7-13(24-2)8-5-11)19-17(25)20-16-10-12(21(22)23)6-9-14(16)18/h4-10,15H,3H2,1-2H3,(H2,19,20,25)/t15-/m0/s1. The molecule has 0 aliphatic heterocycles. The molecule has 0 aliphatic rings. The molecule has 0 saturated carbocycles. The number of thiocarbonyl (C=S) groups is 1. The zero-order valence-corrected chi connectivity index (χ0v) is 15.4. The van der Waals surface area contributed by atoms with E-state index in [4.69, 9.17) is 28.6 Å². The molecule has 8 heteroatoms. The maximum Gasteiger partial charge on any atom is 0.271 e. The normalized spacial score (nSPS) is 11.5. The third kappa shape index (κ3) is 5.04. The highest BCUT2D eigenvalue weighted by molar-refractivity contribution is 7.80. The first-order chi connectivity index (χ1) is 11.9. The number of methoxy groups -OCH3 is 1. The van der Waals surface area contributed by atoms with Crippen LogP contribution in [-0.2, 0) is 0 Å². The van der Waals surface area contributed by atoms with Gasteiger partial charge in [0.1, 0.15) is 5.75 Å². The van der Waals surface area contributed by atoms with Crippen molar-refractivity contribution in [1.82, 2.24) is 5.32 Å². The van der Waals surface area contributed by atoms with E-state index in [2.05, 4.69) is 10.6 Å². The van der Waals surface area contributed by atoms with Crippen molar-refractivity contribution in [2.45, 2.75) is 19.4 Å². The second-order valence-corrected chi connectivity index (χ2v) is 6.07. The number of nitro groups is 1. The second kappa shape index (κ2) is 8.64. The van der Waals surface area contributed by atoms with Crippen LogP contribution in [0.25, 0.3) is 0 Å². The summed E-state index contributed by atoms with van der Waals surface area (Å²) in [6.45, 7) is 2.03. The minimum absolute atomic E-state index is 0.0108. The Morgan fingerprint density at radius 2 is 2.00 bits per heavy atom. The number of nitrogens with one attached hydrogen (secondary N) is 2. The predicted molar refractivity (Wildman–Crippen MR) is 103 cm³/mol. The summed E-state index contributed by atoms with van der Waals surface area (Å²) in [5, 5.41) is 17.7. The van der Waals surface area contributed by atoms with E-state index in [1.807, 2.05) is 31.2 Å². The largest absolute Gasteiger partial charge is 0.497 e. The van der Waals surface area contributed by atoms with Gasteiger partial charge in [-0.25, -0.2) is 0 Å². The Kier molecular flexibility index (Phi) is 6.55. The van der Waals surface area contributed by atoms with Crippen LogP contribution in [0, 0.1) is 10.1 Å². The highest BCUT2D eigenvalue weighted by Gasteiger charge is 2.14. The predicted octanol–water partition coefficient (Wildman–Crippen LogP) is 4.69. The van der Waals surface area contributed by atoms with E-state index in [1.165, 1.54) is 18.2 Å². The van der Waals surface area contributed by atoms with Gasteiger partial charge in [0.2, 0.25) is 0 Å². The maximum atomic E-state index is 10.9. The van der Waals surface area contributed by atoms with E-state index in [-0.39, 0.29) is 11.7 Å². The van der Waals surface area contributed by atoms with Gasteiger partial charge in [-0.05, 0) is 42.4 Å². The number of hydrogen-bond donors (Lipinski definition) is 2. The summed E-state index contributed by atoms with van der Waals surface area (Å²) >= 11 is 11.4. The second-order valence-electron chi connectivity index (χ2n) is 5.25. The summed E-state index contributed by atoms with van der Waals surface area (Å²) in [4.78, 5) is 10.4. The Bertz CT molecular complexity index is 768. The molecule has 2 rings (SSSR count). The monoisotopic (exact) mass is 379 g/mol. The first-order valence-electron chi connectivity index (χ1n) is 7.60. The quantitative estimate of drug-likeness (QED) is 0.430. The number of nitro benzene ring substituents is 1. The number of ether oxygens (including phenoxy) is 1. The van der Waals surface area contributed by atoms with Gasteiger partial charge in [-0.2, -0.15) is 0 Å². The van der Waals surface area contributed by atoms with Crippen molar-refractivity contribution in [3.05, 3.63) is 63.2 Å². The molecule has 0 aromatic heterocycles. The summed E-state index contributed by atoms with van der Waals surface area (Å²) in [6.07, 6.45) is 0.802. The molecular formula is C17H18ClN3O3S. The zero-order chi connectivity index (χ0) is 18.4. The van der Waals surface area contributed by atoms with Crippen molar-refractivity contribution in [3.63, 3.8) is 0 Å². The van der Waals surface area contributed by atoms with E-state index in [1.54, 1.807) is 7.11 Å². The maximum absolute atomic E-state index is 10.9. The van der Waals surface area contributed by atoms with Crippen LogP contribution in [0.5, 0.6) is 5.75 Å². The van der Waals surface area contributed by atoms with Crippen LogP contribution in [0.4, 0.5) is 11.4 Å². The van der Waals surface area contributed by atoms with Crippen LogP contribution in [0.1, 0.15) is 24.9 Å². The number of rotatable bonds is 6. The molecule has 0 amide bonds. The van der Waals surface area contributed by atoms with E-state index in [9.17, 15) is 10.1 Å². The van der Waals surface area contributed by atoms with Gasteiger partial charge in [-0.3, -0.25) is 10.1 Å². The topological polar surface area (TPSA) is 76.4 Å². The van der Waals surface area contributed by atoms with Crippen LogP contribution in [0.2, 0.25) is 5.02 Å². The summed E-state index contributed by atoms with van der Waals surface area (Å²) in [6, 6.07) is 11.8. The van der Waals surface area contributed by atoms with E-state index < -0.39 is 4.92 Å². The fourth-order valence-electron chi connectivity index (χ4n) is 2.30. The van der Waals surface area contributed by atoms with Crippen LogP contribution < -0.4 is 15.4 Å². The number of benzene rings is 2. The molecule has 0 spiro atoms. The van der Waals surface area contributed by atoms with E-state index >= 15 is 0 Å². The minimum atomic E-state index is -0.482. The van der Waals surface area contributed by atoms with Crippen LogP contribution in [0.15, 0.2) is 42.5 Å². The van der Waals surface area contributed by atoms with Crippen LogP contribution in [-0.4, -0.2) is 17.1 Å². The molecule has 2 aromatic carbocycles. The molecule has 0 fully saturated rings. The lowest BCUT2D eigenvalue weighted by Gasteiger charge is -2.20. The molecule has 0 heterocycles. The van der Waals surface area contributed by atoms with Gasteiger partial charge in [0, 0.05) is 12.1 Å². The number of anilines is 1. The van der Waals surface area contributed by atoms with Gasteiger partial charge in [0.15, 0.2) is 5.11 Å². The molecular weight excluding hydrogens is 362 g/mol. The molecule has 2 N–H and O–H groups in total. The Labute approximate surface area is 156 Å². The summed E-state index contributed by atoms with van der Waals surface area (Å²) < 4.78 is 5.16. The lowest BCUT2D eigenvalue weighted by Crippen LogP contribution is -2.32. The molecule has 0 aliphatic carbocycles. The molecule has 0 radical (unpaired) electrons. The molecule has 2 aromatic rings. The molecule has 0 unspecified atom stereocenters. The highest BCUT2D eigenvalue weighted by Crippen LogP contribution is 2.27. The third-order valence-corrected chi connectivity index (χ3v) is 4.19. The first kappa shape index (κ1) is 19.0. The number of hydrogen-bond acceptors (Lipinski definition) is 4. The molecule has 0 saturated heterocycles.